The number of H-pyrrole nitrogens is 1. The minimum absolute atomic E-state index is 0.0232. The number of carbonyl (C=O) groups excluding carboxylic acids is 1. The smallest absolute Gasteiger partial charge is 0.329 e. The van der Waals surface area contributed by atoms with Crippen LogP contribution in [0.1, 0.15) is 55.1 Å². The first-order chi connectivity index (χ1) is 13.9. The van der Waals surface area contributed by atoms with Gasteiger partial charge in [0.1, 0.15) is 5.65 Å². The SMILES string of the molecule is CCCC[C@@H]1CN(C(=O)c2cc(C)nc3c2c(=O)[nH]c(=O)n3C)C[C@H](C2CC2)O1. The van der Waals surface area contributed by atoms with Gasteiger partial charge < -0.3 is 9.64 Å². The quantitative estimate of drug-likeness (QED) is 0.825. The highest BCUT2D eigenvalue weighted by molar-refractivity contribution is 6.05. The van der Waals surface area contributed by atoms with Crippen LogP contribution in [0.5, 0.6) is 0 Å². The molecule has 2 aromatic rings. The largest absolute Gasteiger partial charge is 0.371 e. The Labute approximate surface area is 168 Å². The molecule has 8 nitrogen and oxygen atoms in total. The number of morpholine rings is 1. The van der Waals surface area contributed by atoms with E-state index in [1.165, 1.54) is 4.57 Å². The van der Waals surface area contributed by atoms with Gasteiger partial charge in [0.15, 0.2) is 0 Å². The molecule has 29 heavy (non-hydrogen) atoms. The maximum Gasteiger partial charge on any atom is 0.329 e. The number of aromatic amines is 1. The Morgan fingerprint density at radius 2 is 2.07 bits per heavy atom. The monoisotopic (exact) mass is 400 g/mol. The molecule has 0 unspecified atom stereocenters. The Balaban J connectivity index is 1.73. The number of nitrogens with one attached hydrogen (secondary N) is 1. The number of aromatic nitrogens is 3. The van der Waals surface area contributed by atoms with Crippen LogP contribution in [0.25, 0.3) is 11.0 Å². The summed E-state index contributed by atoms with van der Waals surface area (Å²) in [4.78, 5) is 46.5. The number of hydrogen-bond acceptors (Lipinski definition) is 5. The van der Waals surface area contributed by atoms with E-state index in [2.05, 4.69) is 16.9 Å². The second kappa shape index (κ2) is 7.74. The number of rotatable bonds is 5. The van der Waals surface area contributed by atoms with Crippen molar-refractivity contribution >= 4 is 16.9 Å². The first kappa shape index (κ1) is 19.8. The molecule has 0 aromatic carbocycles. The summed E-state index contributed by atoms with van der Waals surface area (Å²) in [7, 11) is 1.54. The Hall–Kier alpha value is -2.48. The average Bonchev–Trinajstić information content (AvgIpc) is 3.54. The van der Waals surface area contributed by atoms with Crippen LogP contribution in [0.4, 0.5) is 0 Å². The predicted molar refractivity (Wildman–Crippen MR) is 109 cm³/mol. The lowest BCUT2D eigenvalue weighted by molar-refractivity contribution is -0.0874. The fraction of sp³-hybridized carbons (Fsp3) is 0.619. The van der Waals surface area contributed by atoms with Crippen molar-refractivity contribution in [3.05, 3.63) is 38.2 Å². The molecule has 1 amide bonds. The fourth-order valence-corrected chi connectivity index (χ4v) is 4.16. The number of pyridine rings is 1. The average molecular weight is 400 g/mol. The summed E-state index contributed by atoms with van der Waals surface area (Å²) < 4.78 is 7.55. The Bertz CT molecular complexity index is 1050. The Morgan fingerprint density at radius 1 is 1.31 bits per heavy atom. The number of unbranched alkanes of at least 4 members (excludes halogenated alkanes) is 1. The van der Waals surface area contributed by atoms with Crippen molar-refractivity contribution in [3.8, 4) is 0 Å². The highest BCUT2D eigenvalue weighted by atomic mass is 16.5. The zero-order valence-corrected chi connectivity index (χ0v) is 17.2. The maximum absolute atomic E-state index is 13.5. The molecule has 1 N–H and O–H groups in total. The van der Waals surface area contributed by atoms with Gasteiger partial charge in [-0.25, -0.2) is 9.78 Å². The second-order valence-corrected chi connectivity index (χ2v) is 8.31. The third-order valence-corrected chi connectivity index (χ3v) is 5.93. The van der Waals surface area contributed by atoms with Gasteiger partial charge in [0.2, 0.25) is 0 Å². The fourth-order valence-electron chi connectivity index (χ4n) is 4.16. The highest BCUT2D eigenvalue weighted by Gasteiger charge is 2.40. The summed E-state index contributed by atoms with van der Waals surface area (Å²) in [5, 5.41) is 0.169. The molecule has 1 aliphatic heterocycles. The van der Waals surface area contributed by atoms with Crippen LogP contribution >= 0.6 is 0 Å². The molecule has 156 valence electrons. The number of aryl methyl sites for hydroxylation is 2. The first-order valence-electron chi connectivity index (χ1n) is 10.4. The lowest BCUT2D eigenvalue weighted by Gasteiger charge is -2.38. The van der Waals surface area contributed by atoms with E-state index in [9.17, 15) is 14.4 Å². The van der Waals surface area contributed by atoms with Crippen molar-refractivity contribution in [3.63, 3.8) is 0 Å². The molecule has 1 aliphatic carbocycles. The van der Waals surface area contributed by atoms with E-state index >= 15 is 0 Å². The number of ether oxygens (including phenoxy) is 1. The maximum atomic E-state index is 13.5. The highest BCUT2D eigenvalue weighted by Crippen LogP contribution is 2.37. The van der Waals surface area contributed by atoms with E-state index in [0.717, 1.165) is 32.1 Å². The van der Waals surface area contributed by atoms with Crippen molar-refractivity contribution in [2.45, 2.75) is 58.2 Å². The van der Waals surface area contributed by atoms with Gasteiger partial charge in [0.25, 0.3) is 11.5 Å². The zero-order chi connectivity index (χ0) is 20.7. The summed E-state index contributed by atoms with van der Waals surface area (Å²) in [6.45, 7) is 4.97. The molecule has 1 saturated heterocycles. The number of amides is 1. The molecule has 8 heteroatoms. The van der Waals surface area contributed by atoms with Gasteiger partial charge in [0, 0.05) is 25.8 Å². The molecule has 0 radical (unpaired) electrons. The first-order valence-corrected chi connectivity index (χ1v) is 10.4. The van der Waals surface area contributed by atoms with Crippen LogP contribution in [0.3, 0.4) is 0 Å². The summed E-state index contributed by atoms with van der Waals surface area (Å²) in [6.07, 6.45) is 5.44. The predicted octanol–water partition coefficient (Wildman–Crippen LogP) is 1.74. The van der Waals surface area contributed by atoms with Crippen molar-refractivity contribution < 1.29 is 9.53 Å². The van der Waals surface area contributed by atoms with Crippen molar-refractivity contribution in [1.29, 1.82) is 0 Å². The second-order valence-electron chi connectivity index (χ2n) is 8.31. The normalized spacial score (nSPS) is 22.2. The summed E-state index contributed by atoms with van der Waals surface area (Å²) in [6, 6.07) is 1.65. The van der Waals surface area contributed by atoms with Crippen LogP contribution in [0.2, 0.25) is 0 Å². The molecule has 1 saturated carbocycles. The van der Waals surface area contributed by atoms with E-state index in [-0.39, 0.29) is 29.1 Å². The molecule has 2 aromatic heterocycles. The molecule has 2 aliphatic rings. The van der Waals surface area contributed by atoms with Crippen molar-refractivity contribution in [2.75, 3.05) is 13.1 Å². The van der Waals surface area contributed by atoms with Crippen LogP contribution in [-0.4, -0.2) is 50.6 Å². The molecule has 0 spiro atoms. The standard InChI is InChI=1S/C21H28N4O4/c1-4-5-6-14-10-25(11-16(29-14)13-7-8-13)20(27)15-9-12(2)22-18-17(15)19(26)23-21(28)24(18)3/h9,13-14,16H,4-8,10-11H2,1-3H3,(H,23,26,28)/t14-,16-/m1/s1. The number of nitrogens with zero attached hydrogens (tertiary/aromatic N) is 3. The molecule has 3 heterocycles. The van der Waals surface area contributed by atoms with E-state index < -0.39 is 11.2 Å². The Kier molecular flexibility index (Phi) is 5.29. The lowest BCUT2D eigenvalue weighted by atomic mass is 10.0. The third kappa shape index (κ3) is 3.85. The minimum atomic E-state index is -0.575. The van der Waals surface area contributed by atoms with Crippen LogP contribution in [0, 0.1) is 12.8 Å². The van der Waals surface area contributed by atoms with Gasteiger partial charge in [0.05, 0.1) is 23.2 Å². The van der Waals surface area contributed by atoms with E-state index in [1.807, 2.05) is 4.90 Å². The molecular formula is C21H28N4O4. The van der Waals surface area contributed by atoms with E-state index in [0.29, 0.717) is 30.3 Å². The lowest BCUT2D eigenvalue weighted by Crippen LogP contribution is -2.51. The zero-order valence-electron chi connectivity index (χ0n) is 17.2. The summed E-state index contributed by atoms with van der Waals surface area (Å²) in [5.74, 6) is 0.329. The third-order valence-electron chi connectivity index (χ3n) is 5.93. The van der Waals surface area contributed by atoms with Gasteiger partial charge in [-0.05, 0) is 38.2 Å². The van der Waals surface area contributed by atoms with Crippen molar-refractivity contribution in [1.82, 2.24) is 19.4 Å². The Morgan fingerprint density at radius 3 is 2.76 bits per heavy atom. The number of carbonyl (C=O) groups is 1. The number of fused-ring (bicyclic) bond motifs is 1. The van der Waals surface area contributed by atoms with Gasteiger partial charge in [-0.2, -0.15) is 0 Å². The van der Waals surface area contributed by atoms with Crippen molar-refractivity contribution in [2.24, 2.45) is 13.0 Å². The van der Waals surface area contributed by atoms with Crippen LogP contribution < -0.4 is 11.2 Å². The molecule has 0 bridgehead atoms. The molecule has 4 rings (SSSR count). The molecular weight excluding hydrogens is 372 g/mol. The van der Waals surface area contributed by atoms with E-state index in [4.69, 9.17) is 4.74 Å². The van der Waals surface area contributed by atoms with Gasteiger partial charge in [-0.1, -0.05) is 19.8 Å². The summed E-state index contributed by atoms with van der Waals surface area (Å²) >= 11 is 0. The van der Waals surface area contributed by atoms with Gasteiger partial charge in [-0.15, -0.1) is 0 Å². The minimum Gasteiger partial charge on any atom is -0.371 e. The van der Waals surface area contributed by atoms with Gasteiger partial charge >= 0.3 is 5.69 Å². The summed E-state index contributed by atoms with van der Waals surface area (Å²) in [5.41, 5.74) is 0.00921. The van der Waals surface area contributed by atoms with Crippen LogP contribution in [0.15, 0.2) is 15.7 Å². The van der Waals surface area contributed by atoms with Crippen LogP contribution in [-0.2, 0) is 11.8 Å². The topological polar surface area (TPSA) is 97.3 Å². The van der Waals surface area contributed by atoms with Gasteiger partial charge in [-0.3, -0.25) is 19.1 Å². The van der Waals surface area contributed by atoms with E-state index in [1.54, 1.807) is 20.0 Å². The molecule has 2 fully saturated rings. The molecule has 2 atom stereocenters. The number of hydrogen-bond donors (Lipinski definition) is 1.